The largest absolute Gasteiger partial charge is 0.492 e. The molecular formula is C41H37FN6O10S2. The minimum absolute atomic E-state index is 0.00202. The molecule has 0 bridgehead atoms. The van der Waals surface area contributed by atoms with Crippen molar-refractivity contribution in [3.8, 4) is 57.7 Å². The fourth-order valence-corrected chi connectivity index (χ4v) is 9.38. The summed E-state index contributed by atoms with van der Waals surface area (Å²) in [6.07, 6.45) is -1.65. The van der Waals surface area contributed by atoms with Gasteiger partial charge in [-0.1, -0.05) is 23.7 Å². The summed E-state index contributed by atoms with van der Waals surface area (Å²) in [6.45, 7) is -0.171. The van der Waals surface area contributed by atoms with Crippen LogP contribution in [0.4, 0.5) is 4.39 Å². The van der Waals surface area contributed by atoms with Crippen LogP contribution in [0.2, 0.25) is 0 Å². The molecule has 2 fully saturated rings. The monoisotopic (exact) mass is 856 g/mol. The number of carbonyl (C=O) groups excluding carboxylic acids is 4. The number of fused-ring (bicyclic) bond motifs is 6. The lowest BCUT2D eigenvalue weighted by molar-refractivity contribution is -0.138. The van der Waals surface area contributed by atoms with Crippen molar-refractivity contribution in [1.82, 2.24) is 25.1 Å². The summed E-state index contributed by atoms with van der Waals surface area (Å²) in [6, 6.07) is 9.43. The first-order chi connectivity index (χ1) is 28.6. The van der Waals surface area contributed by atoms with E-state index in [1.165, 1.54) is 35.1 Å². The Morgan fingerprint density at radius 2 is 1.53 bits per heavy atom. The number of hydrogen-bond donors (Lipinski definition) is 5. The molecule has 6 heterocycles. The minimum Gasteiger partial charge on any atom is -0.492 e. The van der Waals surface area contributed by atoms with E-state index in [0.29, 0.717) is 51.9 Å². The zero-order valence-corrected chi connectivity index (χ0v) is 34.0. The second-order valence-electron chi connectivity index (χ2n) is 14.8. The van der Waals surface area contributed by atoms with E-state index < -0.39 is 53.3 Å². The number of carbonyl (C=O) groups is 4. The van der Waals surface area contributed by atoms with Gasteiger partial charge in [0.05, 0.1) is 42.0 Å². The minimum atomic E-state index is -2.88. The lowest BCUT2D eigenvalue weighted by atomic mass is 9.98. The molecule has 310 valence electrons. The highest BCUT2D eigenvalue weighted by molar-refractivity contribution is 7.14. The fraction of sp³-hybridized carbons (Fsp3) is 0.366. The van der Waals surface area contributed by atoms with Crippen LogP contribution in [0.15, 0.2) is 36.4 Å². The number of likely N-dealkylation sites (N-methyl/N-ethyl adjacent to an activating group) is 2. The van der Waals surface area contributed by atoms with E-state index in [-0.39, 0.29) is 69.4 Å². The molecule has 0 radical (unpaired) electrons. The molecule has 0 aliphatic carbocycles. The topological polar surface area (TPSA) is 227 Å². The summed E-state index contributed by atoms with van der Waals surface area (Å²) in [5, 5.41) is 34.6. The number of hydrogen-bond acceptors (Lipinski definition) is 14. The van der Waals surface area contributed by atoms with E-state index in [1.54, 1.807) is 32.3 Å². The van der Waals surface area contributed by atoms with E-state index in [1.807, 2.05) is 0 Å². The van der Waals surface area contributed by atoms with Gasteiger partial charge in [0.1, 0.15) is 11.5 Å². The molecule has 5 unspecified atom stereocenters. The number of rotatable bonds is 6. The number of benzene rings is 2. The van der Waals surface area contributed by atoms with Crippen molar-refractivity contribution in [1.29, 1.82) is 0 Å². The molecule has 0 saturated carbocycles. The number of nitrogens with two attached hydrogens (primary N) is 1. The third-order valence-corrected chi connectivity index (χ3v) is 13.1. The quantitative estimate of drug-likeness (QED) is 0.173. The maximum atomic E-state index is 17.5. The highest BCUT2D eigenvalue weighted by Gasteiger charge is 2.51. The Morgan fingerprint density at radius 1 is 0.950 bits per heavy atom. The normalized spacial score (nSPS) is 25.2. The molecule has 4 aliphatic rings. The molecule has 4 aromatic rings. The first-order valence-electron chi connectivity index (χ1n) is 18.6. The number of methoxy groups -OCH3 is 1. The van der Waals surface area contributed by atoms with Gasteiger partial charge < -0.3 is 50.4 Å². The molecule has 4 aliphatic heterocycles. The zero-order chi connectivity index (χ0) is 42.7. The van der Waals surface area contributed by atoms with E-state index >= 15 is 4.39 Å². The predicted molar refractivity (Wildman–Crippen MR) is 214 cm³/mol. The molecule has 2 saturated heterocycles. The molecule has 2 aromatic heterocycles. The highest BCUT2D eigenvalue weighted by Crippen LogP contribution is 2.48. The van der Waals surface area contributed by atoms with Crippen molar-refractivity contribution >= 4 is 46.3 Å². The number of aliphatic hydroxyl groups excluding tert-OH is 1. The summed E-state index contributed by atoms with van der Waals surface area (Å²) < 4.78 is 35.2. The van der Waals surface area contributed by atoms with Gasteiger partial charge >= 0.3 is 0 Å². The number of thiazole rings is 2. The van der Waals surface area contributed by atoms with Crippen LogP contribution in [-0.4, -0.2) is 130 Å². The molecule has 8 rings (SSSR count). The molecule has 6 N–H and O–H groups in total. The Labute approximate surface area is 350 Å². The van der Waals surface area contributed by atoms with Crippen LogP contribution in [0, 0.1) is 23.7 Å². The average molecular weight is 857 g/mol. The number of alkyl halides is 1. The van der Waals surface area contributed by atoms with Crippen LogP contribution >= 0.6 is 22.7 Å². The van der Waals surface area contributed by atoms with Crippen LogP contribution in [0.1, 0.15) is 59.2 Å². The lowest BCUT2D eigenvalue weighted by Crippen LogP contribution is -2.53. The van der Waals surface area contributed by atoms with Gasteiger partial charge in [0.15, 0.2) is 10.0 Å². The number of nitrogens with zero attached hydrogens (tertiary/aromatic N) is 4. The van der Waals surface area contributed by atoms with Gasteiger partial charge in [-0.05, 0) is 36.4 Å². The van der Waals surface area contributed by atoms with Gasteiger partial charge in [-0.2, -0.15) is 0 Å². The van der Waals surface area contributed by atoms with Crippen LogP contribution in [0.5, 0.6) is 11.5 Å². The molecule has 4 amide bonds. The number of amides is 4. The van der Waals surface area contributed by atoms with Gasteiger partial charge in [0.25, 0.3) is 23.6 Å². The van der Waals surface area contributed by atoms with Gasteiger partial charge in [-0.25, -0.2) is 14.4 Å². The Hall–Kier alpha value is -5.93. The first-order valence-corrected chi connectivity index (χ1v) is 20.2. The van der Waals surface area contributed by atoms with Crippen LogP contribution < -0.4 is 20.5 Å². The number of primary amides is 1. The summed E-state index contributed by atoms with van der Waals surface area (Å²) in [5.41, 5.74) is 0.600. The third kappa shape index (κ3) is 7.02. The van der Waals surface area contributed by atoms with Crippen LogP contribution in [-0.2, 0) is 20.0 Å². The van der Waals surface area contributed by atoms with E-state index in [2.05, 4.69) is 34.0 Å². The summed E-state index contributed by atoms with van der Waals surface area (Å²) in [5.74, 6) is 8.22. The summed E-state index contributed by atoms with van der Waals surface area (Å²) in [4.78, 5) is 63.7. The number of aliphatic hydroxyl groups is 3. The Morgan fingerprint density at radius 3 is 2.08 bits per heavy atom. The predicted octanol–water partition coefficient (Wildman–Crippen LogP) is 1.35. The van der Waals surface area contributed by atoms with Crippen molar-refractivity contribution in [2.24, 2.45) is 5.73 Å². The Balaban J connectivity index is 1.15. The molecule has 19 heteroatoms. The van der Waals surface area contributed by atoms with Gasteiger partial charge in [0.2, 0.25) is 23.1 Å². The average Bonchev–Trinajstić information content (AvgIpc) is 3.98. The van der Waals surface area contributed by atoms with Gasteiger partial charge in [-0.15, -0.1) is 22.7 Å². The van der Waals surface area contributed by atoms with Crippen molar-refractivity contribution in [2.45, 2.75) is 41.9 Å². The van der Waals surface area contributed by atoms with Crippen molar-refractivity contribution in [3.63, 3.8) is 0 Å². The maximum Gasteiger partial charge on any atom is 0.283 e. The number of ether oxygens (including phenoxy) is 3. The summed E-state index contributed by atoms with van der Waals surface area (Å²) >= 11 is 1.61. The van der Waals surface area contributed by atoms with Gasteiger partial charge in [-0.3, -0.25) is 19.2 Å². The lowest BCUT2D eigenvalue weighted by Gasteiger charge is -2.30. The smallest absolute Gasteiger partial charge is 0.283 e. The maximum absolute atomic E-state index is 17.5. The van der Waals surface area contributed by atoms with Crippen molar-refractivity contribution in [2.75, 3.05) is 54.1 Å². The highest BCUT2D eigenvalue weighted by atomic mass is 32.1. The number of halogens is 1. The molecule has 0 spiro atoms. The van der Waals surface area contributed by atoms with Crippen molar-refractivity contribution < 1.29 is 53.1 Å². The number of nitrogens with one attached hydrogen (secondary N) is 1. The zero-order valence-electron chi connectivity index (χ0n) is 32.3. The standard InChI is InChI=1S/C41H37FN6O10S2/c1-47-14-12-39(54,37(47)52)10-8-21-4-6-26-24(16-21)28-30(23(18-56-3)19-57-26)59-35(44-28)33(51)46-36-41(42,20-49)31-29(45-34(60-31)32(43)50)25-17-22(5-7-27(25)58-36)9-11-40(55)13-15-48(2)38(40)53/h4-7,16-17,23,36,49,54-55H,12-15,18-20H2,1-3H3,(H2,43,50)(H,46,51). The summed E-state index contributed by atoms with van der Waals surface area (Å²) in [7, 11) is 4.67. The Bertz CT molecular complexity index is 2610. The van der Waals surface area contributed by atoms with E-state index in [4.69, 9.17) is 24.9 Å². The third-order valence-electron chi connectivity index (χ3n) is 10.7. The second-order valence-corrected chi connectivity index (χ2v) is 16.9. The second kappa shape index (κ2) is 15.3. The van der Waals surface area contributed by atoms with Crippen molar-refractivity contribution in [3.05, 3.63) is 67.3 Å². The SMILES string of the molecule is COCC1COc2ccc(C#CC3(O)CCN(C)C3=O)cc2-c2nc(C(=O)NC3Oc4ccc(C#CC5(O)CCN(C)C5=O)cc4-c4nc(C(N)=O)sc4C3(F)CO)sc21. The molecule has 60 heavy (non-hydrogen) atoms. The molecule has 16 nitrogen and oxygen atoms in total. The molecular weight excluding hydrogens is 820 g/mol. The van der Waals surface area contributed by atoms with E-state index in [9.17, 15) is 34.5 Å². The Kier molecular flexibility index (Phi) is 10.4. The van der Waals surface area contributed by atoms with E-state index in [0.717, 1.165) is 11.3 Å². The van der Waals surface area contributed by atoms with Crippen LogP contribution in [0.3, 0.4) is 0 Å². The fourth-order valence-electron chi connectivity index (χ4n) is 7.30. The number of likely N-dealkylation sites (tertiary alicyclic amines) is 2. The van der Waals surface area contributed by atoms with Gasteiger partial charge in [0, 0.05) is 74.3 Å². The first kappa shape index (κ1) is 40.8. The number of aromatic nitrogens is 2. The molecule has 2 aromatic carbocycles. The van der Waals surface area contributed by atoms with Crippen LogP contribution in [0.25, 0.3) is 22.5 Å². The molecule has 5 atom stereocenters.